The molecule has 0 bridgehead atoms. The van der Waals surface area contributed by atoms with Gasteiger partial charge in [-0.1, -0.05) is 6.07 Å². The predicted molar refractivity (Wildman–Crippen MR) is 62.3 cm³/mol. The Balaban J connectivity index is 1.72. The van der Waals surface area contributed by atoms with Gasteiger partial charge in [-0.3, -0.25) is 0 Å². The van der Waals surface area contributed by atoms with Gasteiger partial charge in [0, 0.05) is 0 Å². The van der Waals surface area contributed by atoms with Crippen molar-refractivity contribution in [2.45, 2.75) is 31.8 Å². The zero-order valence-electron chi connectivity index (χ0n) is 9.73. The lowest BCUT2D eigenvalue weighted by Gasteiger charge is -2.12. The van der Waals surface area contributed by atoms with Crippen LogP contribution in [0.4, 0.5) is 4.39 Å². The highest BCUT2D eigenvalue weighted by Crippen LogP contribution is 2.41. The number of benzene rings is 1. The Bertz CT molecular complexity index is 411. The molecule has 2 saturated carbocycles. The molecular weight excluding hydrogens is 219 g/mol. The molecule has 1 unspecified atom stereocenters. The average molecular weight is 236 g/mol. The van der Waals surface area contributed by atoms with E-state index in [2.05, 4.69) is 0 Å². The van der Waals surface area contributed by atoms with E-state index in [1.807, 2.05) is 0 Å². The maximum absolute atomic E-state index is 13.5. The van der Waals surface area contributed by atoms with E-state index in [1.165, 1.54) is 18.9 Å². The maximum atomic E-state index is 13.5. The number of ether oxygens (including phenoxy) is 1. The third kappa shape index (κ3) is 2.60. The minimum Gasteiger partial charge on any atom is -0.490 e. The first kappa shape index (κ1) is 11.0. The van der Waals surface area contributed by atoms with Crippen LogP contribution in [-0.4, -0.2) is 11.7 Å². The van der Waals surface area contributed by atoms with E-state index >= 15 is 0 Å². The predicted octanol–water partition coefficient (Wildman–Crippen LogP) is 3.06. The molecule has 2 nitrogen and oxygen atoms in total. The van der Waals surface area contributed by atoms with Crippen molar-refractivity contribution in [2.24, 2.45) is 11.8 Å². The summed E-state index contributed by atoms with van der Waals surface area (Å²) in [5.74, 6) is 0.912. The minimum absolute atomic E-state index is 0.286. The number of rotatable bonds is 5. The second kappa shape index (κ2) is 4.30. The van der Waals surface area contributed by atoms with Crippen LogP contribution in [0.1, 0.15) is 37.4 Å². The maximum Gasteiger partial charge on any atom is 0.165 e. The highest BCUT2D eigenvalue weighted by atomic mass is 19.1. The summed E-state index contributed by atoms with van der Waals surface area (Å²) >= 11 is 0. The summed E-state index contributed by atoms with van der Waals surface area (Å²) in [6.07, 6.45) is 4.05. The first-order valence-electron chi connectivity index (χ1n) is 6.34. The number of halogens is 1. The molecule has 3 rings (SSSR count). The van der Waals surface area contributed by atoms with E-state index < -0.39 is 6.10 Å². The molecule has 3 heteroatoms. The Morgan fingerprint density at radius 3 is 2.71 bits per heavy atom. The van der Waals surface area contributed by atoms with E-state index in [0.717, 1.165) is 18.4 Å². The molecule has 0 aromatic heterocycles. The molecule has 92 valence electrons. The van der Waals surface area contributed by atoms with Crippen molar-refractivity contribution in [2.75, 3.05) is 6.61 Å². The average Bonchev–Trinajstić information content (AvgIpc) is 3.18. The number of aliphatic hydroxyl groups is 1. The van der Waals surface area contributed by atoms with Crippen molar-refractivity contribution in [1.29, 1.82) is 0 Å². The standard InChI is InChI=1S/C14H17FO2/c15-12-6-5-11(14(16)10-3-4-10)7-13(12)17-8-9-1-2-9/h5-7,9-10,14,16H,1-4,8H2. The summed E-state index contributed by atoms with van der Waals surface area (Å²) in [7, 11) is 0. The van der Waals surface area contributed by atoms with Crippen molar-refractivity contribution in [1.82, 2.24) is 0 Å². The van der Waals surface area contributed by atoms with Crippen LogP contribution in [-0.2, 0) is 0 Å². The molecule has 1 N–H and O–H groups in total. The Morgan fingerprint density at radius 1 is 1.29 bits per heavy atom. The van der Waals surface area contributed by atoms with Gasteiger partial charge in [0.2, 0.25) is 0 Å². The van der Waals surface area contributed by atoms with E-state index in [9.17, 15) is 9.50 Å². The lowest BCUT2D eigenvalue weighted by molar-refractivity contribution is 0.153. The van der Waals surface area contributed by atoms with Gasteiger partial charge >= 0.3 is 0 Å². The van der Waals surface area contributed by atoms with Crippen molar-refractivity contribution < 1.29 is 14.2 Å². The van der Waals surface area contributed by atoms with Crippen LogP contribution in [0.2, 0.25) is 0 Å². The molecule has 0 radical (unpaired) electrons. The quantitative estimate of drug-likeness (QED) is 0.851. The lowest BCUT2D eigenvalue weighted by atomic mass is 10.1. The van der Waals surface area contributed by atoms with Gasteiger partial charge in [0.1, 0.15) is 0 Å². The van der Waals surface area contributed by atoms with Gasteiger partial charge in [-0.2, -0.15) is 0 Å². The van der Waals surface area contributed by atoms with Crippen molar-refractivity contribution in [3.05, 3.63) is 29.6 Å². The fourth-order valence-corrected chi connectivity index (χ4v) is 1.99. The van der Waals surface area contributed by atoms with E-state index in [1.54, 1.807) is 12.1 Å². The second-order valence-corrected chi connectivity index (χ2v) is 5.23. The zero-order chi connectivity index (χ0) is 11.8. The van der Waals surface area contributed by atoms with Gasteiger partial charge in [-0.15, -0.1) is 0 Å². The second-order valence-electron chi connectivity index (χ2n) is 5.23. The fraction of sp³-hybridized carbons (Fsp3) is 0.571. The van der Waals surface area contributed by atoms with Gasteiger partial charge in [-0.05, 0) is 55.2 Å². The monoisotopic (exact) mass is 236 g/mol. The van der Waals surface area contributed by atoms with Gasteiger partial charge in [-0.25, -0.2) is 4.39 Å². The normalized spacial score (nSPS) is 21.3. The molecule has 2 fully saturated rings. The summed E-state index contributed by atoms with van der Waals surface area (Å²) < 4.78 is 19.0. The van der Waals surface area contributed by atoms with Crippen molar-refractivity contribution in [3.63, 3.8) is 0 Å². The minimum atomic E-state index is -0.459. The zero-order valence-corrected chi connectivity index (χ0v) is 9.73. The smallest absolute Gasteiger partial charge is 0.165 e. The first-order valence-corrected chi connectivity index (χ1v) is 6.34. The molecule has 1 atom stereocenters. The van der Waals surface area contributed by atoms with Gasteiger partial charge in [0.25, 0.3) is 0 Å². The Kier molecular flexibility index (Phi) is 2.79. The highest BCUT2D eigenvalue weighted by Gasteiger charge is 2.31. The van der Waals surface area contributed by atoms with Crippen molar-refractivity contribution >= 4 is 0 Å². The molecule has 0 heterocycles. The molecule has 0 saturated heterocycles. The molecule has 0 aliphatic heterocycles. The molecule has 0 amide bonds. The summed E-state index contributed by atoms with van der Waals surface area (Å²) in [4.78, 5) is 0. The third-order valence-corrected chi connectivity index (χ3v) is 3.54. The molecule has 2 aliphatic rings. The van der Waals surface area contributed by atoms with Crippen LogP contribution < -0.4 is 4.74 Å². The molecule has 2 aliphatic carbocycles. The first-order chi connectivity index (χ1) is 8.24. The molecular formula is C14H17FO2. The topological polar surface area (TPSA) is 29.5 Å². The Labute approximate surface area is 100 Å². The Hall–Kier alpha value is -1.09. The molecule has 1 aromatic rings. The number of hydrogen-bond donors (Lipinski definition) is 1. The van der Waals surface area contributed by atoms with Crippen LogP contribution in [0, 0.1) is 17.7 Å². The summed E-state index contributed by atoms with van der Waals surface area (Å²) in [5, 5.41) is 9.99. The van der Waals surface area contributed by atoms with E-state index in [-0.39, 0.29) is 11.6 Å². The summed E-state index contributed by atoms with van der Waals surface area (Å²) in [6, 6.07) is 4.70. The van der Waals surface area contributed by atoms with Crippen LogP contribution in [0.15, 0.2) is 18.2 Å². The number of aliphatic hydroxyl groups excluding tert-OH is 1. The third-order valence-electron chi connectivity index (χ3n) is 3.54. The Morgan fingerprint density at radius 2 is 2.06 bits per heavy atom. The molecule has 17 heavy (non-hydrogen) atoms. The van der Waals surface area contributed by atoms with Crippen LogP contribution in [0.25, 0.3) is 0 Å². The lowest BCUT2D eigenvalue weighted by Crippen LogP contribution is -2.04. The van der Waals surface area contributed by atoms with Gasteiger partial charge in [0.05, 0.1) is 12.7 Å². The van der Waals surface area contributed by atoms with Crippen LogP contribution in [0.3, 0.4) is 0 Å². The fourth-order valence-electron chi connectivity index (χ4n) is 1.99. The SMILES string of the molecule is OC(c1ccc(F)c(OCC2CC2)c1)C1CC1. The highest BCUT2D eigenvalue weighted by molar-refractivity contribution is 5.32. The van der Waals surface area contributed by atoms with Crippen LogP contribution >= 0.6 is 0 Å². The number of hydrogen-bond acceptors (Lipinski definition) is 2. The molecule has 1 aromatic carbocycles. The largest absolute Gasteiger partial charge is 0.490 e. The van der Waals surface area contributed by atoms with Crippen molar-refractivity contribution in [3.8, 4) is 5.75 Å². The van der Waals surface area contributed by atoms with E-state index in [0.29, 0.717) is 18.4 Å². The van der Waals surface area contributed by atoms with Crippen LogP contribution in [0.5, 0.6) is 5.75 Å². The van der Waals surface area contributed by atoms with Gasteiger partial charge in [0.15, 0.2) is 11.6 Å². The molecule has 0 spiro atoms. The van der Waals surface area contributed by atoms with Gasteiger partial charge < -0.3 is 9.84 Å². The van der Waals surface area contributed by atoms with E-state index in [4.69, 9.17) is 4.74 Å². The summed E-state index contributed by atoms with van der Waals surface area (Å²) in [6.45, 7) is 0.597. The summed E-state index contributed by atoms with van der Waals surface area (Å²) in [5.41, 5.74) is 0.777.